The molecule has 0 saturated heterocycles. The summed E-state index contributed by atoms with van der Waals surface area (Å²) in [5.41, 5.74) is 10.3. The van der Waals surface area contributed by atoms with E-state index in [2.05, 4.69) is 74.0 Å². The lowest BCUT2D eigenvalue weighted by Gasteiger charge is -2.05. The second-order valence-electron chi connectivity index (χ2n) is 4.75. The summed E-state index contributed by atoms with van der Waals surface area (Å²) >= 11 is 5.77. The molecule has 106 valence electrons. The number of anilines is 1. The summed E-state index contributed by atoms with van der Waals surface area (Å²) in [5.74, 6) is 0.672. The zero-order chi connectivity index (χ0) is 15.0. The van der Waals surface area contributed by atoms with Gasteiger partial charge in [0, 0.05) is 20.7 Å². The van der Waals surface area contributed by atoms with Crippen LogP contribution in [0.1, 0.15) is 0 Å². The van der Waals surface area contributed by atoms with Crippen molar-refractivity contribution in [2.24, 2.45) is 7.05 Å². The van der Waals surface area contributed by atoms with E-state index in [1.165, 1.54) is 3.57 Å². The second-order valence-corrected chi connectivity index (χ2v) is 6.91. The number of aryl methyl sites for hydroxylation is 1. The predicted octanol–water partition coefficient (Wildman–Crippen LogP) is 4.70. The van der Waals surface area contributed by atoms with Crippen molar-refractivity contribution in [2.45, 2.75) is 0 Å². The molecule has 0 radical (unpaired) electrons. The van der Waals surface area contributed by atoms with Gasteiger partial charge in [0.2, 0.25) is 0 Å². The molecule has 0 aliphatic heterocycles. The maximum atomic E-state index is 6.24. The largest absolute Gasteiger partial charge is 0.383 e. The molecule has 0 aliphatic carbocycles. The number of aromatic nitrogens is 2. The summed E-state index contributed by atoms with van der Waals surface area (Å²) in [5, 5.41) is 4.60. The van der Waals surface area contributed by atoms with E-state index in [9.17, 15) is 0 Å². The average Bonchev–Trinajstić information content (AvgIpc) is 2.76. The Labute approximate surface area is 145 Å². The minimum absolute atomic E-state index is 0.672. The Kier molecular flexibility index (Phi) is 4.03. The van der Waals surface area contributed by atoms with Gasteiger partial charge in [-0.2, -0.15) is 5.10 Å². The number of rotatable bonds is 2. The lowest BCUT2D eigenvalue weighted by atomic mass is 10.0. The van der Waals surface area contributed by atoms with Gasteiger partial charge in [0.25, 0.3) is 0 Å². The molecule has 5 heteroatoms. The number of nitrogens with zero attached hydrogens (tertiary/aromatic N) is 2. The first-order chi connectivity index (χ1) is 10.1. The molecule has 0 saturated carbocycles. The van der Waals surface area contributed by atoms with E-state index in [1.807, 2.05) is 25.2 Å². The molecular formula is C16H13BrIN3. The van der Waals surface area contributed by atoms with E-state index in [0.717, 1.165) is 26.9 Å². The van der Waals surface area contributed by atoms with Gasteiger partial charge in [0.05, 0.1) is 5.56 Å². The monoisotopic (exact) mass is 453 g/mol. The Morgan fingerprint density at radius 1 is 1.10 bits per heavy atom. The standard InChI is InChI=1S/C16H13BrIN3/c1-21-16(19)14(10-5-7-12(17)8-6-10)15(20-21)11-3-2-4-13(18)9-11/h2-9H,19H2,1H3. The second kappa shape index (κ2) is 5.81. The SMILES string of the molecule is Cn1nc(-c2cccc(I)c2)c(-c2ccc(Br)cc2)c1N. The van der Waals surface area contributed by atoms with E-state index in [4.69, 9.17) is 5.73 Å². The third-order valence-electron chi connectivity index (χ3n) is 3.32. The van der Waals surface area contributed by atoms with Crippen LogP contribution in [0.2, 0.25) is 0 Å². The van der Waals surface area contributed by atoms with Gasteiger partial charge in [-0.3, -0.25) is 4.68 Å². The maximum Gasteiger partial charge on any atom is 0.129 e. The number of hydrogen-bond donors (Lipinski definition) is 1. The van der Waals surface area contributed by atoms with Crippen LogP contribution in [-0.4, -0.2) is 9.78 Å². The molecular weight excluding hydrogens is 441 g/mol. The van der Waals surface area contributed by atoms with Crippen LogP contribution in [-0.2, 0) is 7.05 Å². The van der Waals surface area contributed by atoms with Crippen molar-refractivity contribution < 1.29 is 0 Å². The smallest absolute Gasteiger partial charge is 0.129 e. The van der Waals surface area contributed by atoms with Gasteiger partial charge in [-0.15, -0.1) is 0 Å². The molecule has 0 fully saturated rings. The van der Waals surface area contributed by atoms with Crippen molar-refractivity contribution in [1.29, 1.82) is 0 Å². The molecule has 0 amide bonds. The molecule has 0 aliphatic rings. The van der Waals surface area contributed by atoms with E-state index < -0.39 is 0 Å². The van der Waals surface area contributed by atoms with Crippen molar-refractivity contribution in [3.05, 3.63) is 56.6 Å². The molecule has 1 heterocycles. The third kappa shape index (κ3) is 2.85. The zero-order valence-corrected chi connectivity index (χ0v) is 15.1. The van der Waals surface area contributed by atoms with Crippen LogP contribution in [0.15, 0.2) is 53.0 Å². The Hall–Kier alpha value is -1.34. The molecule has 3 aromatic rings. The van der Waals surface area contributed by atoms with Gasteiger partial charge in [-0.25, -0.2) is 0 Å². The molecule has 2 aromatic carbocycles. The van der Waals surface area contributed by atoms with Crippen LogP contribution in [0.25, 0.3) is 22.4 Å². The van der Waals surface area contributed by atoms with Crippen molar-refractivity contribution >= 4 is 44.3 Å². The Morgan fingerprint density at radius 2 is 1.81 bits per heavy atom. The number of hydrogen-bond acceptors (Lipinski definition) is 2. The summed E-state index contributed by atoms with van der Waals surface area (Å²) in [6.07, 6.45) is 0. The molecule has 0 atom stereocenters. The highest BCUT2D eigenvalue weighted by Crippen LogP contribution is 2.36. The highest BCUT2D eigenvalue weighted by Gasteiger charge is 2.17. The zero-order valence-electron chi connectivity index (χ0n) is 11.3. The number of nitrogen functional groups attached to an aromatic ring is 1. The minimum atomic E-state index is 0.672. The van der Waals surface area contributed by atoms with E-state index in [0.29, 0.717) is 5.82 Å². The van der Waals surface area contributed by atoms with Gasteiger partial charge in [-0.05, 0) is 52.4 Å². The van der Waals surface area contributed by atoms with Crippen LogP contribution < -0.4 is 5.73 Å². The van der Waals surface area contributed by atoms with Gasteiger partial charge >= 0.3 is 0 Å². The number of halogens is 2. The molecule has 2 N–H and O–H groups in total. The highest BCUT2D eigenvalue weighted by atomic mass is 127. The number of benzene rings is 2. The van der Waals surface area contributed by atoms with Gasteiger partial charge < -0.3 is 5.73 Å². The third-order valence-corrected chi connectivity index (χ3v) is 4.52. The Morgan fingerprint density at radius 3 is 2.48 bits per heavy atom. The van der Waals surface area contributed by atoms with Crippen molar-refractivity contribution in [1.82, 2.24) is 9.78 Å². The van der Waals surface area contributed by atoms with E-state index in [1.54, 1.807) is 4.68 Å². The van der Waals surface area contributed by atoms with Crippen molar-refractivity contribution in [2.75, 3.05) is 5.73 Å². The van der Waals surface area contributed by atoms with Crippen LogP contribution in [0.5, 0.6) is 0 Å². The van der Waals surface area contributed by atoms with Gasteiger partial charge in [0.1, 0.15) is 11.5 Å². The van der Waals surface area contributed by atoms with Crippen molar-refractivity contribution in [3.8, 4) is 22.4 Å². The lowest BCUT2D eigenvalue weighted by Crippen LogP contribution is -1.97. The fourth-order valence-corrected chi connectivity index (χ4v) is 3.08. The molecule has 21 heavy (non-hydrogen) atoms. The first-order valence-corrected chi connectivity index (χ1v) is 8.28. The van der Waals surface area contributed by atoms with Crippen LogP contribution >= 0.6 is 38.5 Å². The Bertz CT molecular complexity index is 794. The van der Waals surface area contributed by atoms with Crippen molar-refractivity contribution in [3.63, 3.8) is 0 Å². The summed E-state index contributed by atoms with van der Waals surface area (Å²) in [7, 11) is 1.87. The van der Waals surface area contributed by atoms with Gasteiger partial charge in [-0.1, -0.05) is 40.2 Å². The molecule has 3 nitrogen and oxygen atoms in total. The first kappa shape index (κ1) is 14.6. The maximum absolute atomic E-state index is 6.24. The van der Waals surface area contributed by atoms with Gasteiger partial charge in [0.15, 0.2) is 0 Å². The summed E-state index contributed by atoms with van der Waals surface area (Å²) in [4.78, 5) is 0. The average molecular weight is 454 g/mol. The quantitative estimate of drug-likeness (QED) is 0.571. The normalized spacial score (nSPS) is 10.8. The first-order valence-electron chi connectivity index (χ1n) is 6.40. The highest BCUT2D eigenvalue weighted by molar-refractivity contribution is 14.1. The summed E-state index contributed by atoms with van der Waals surface area (Å²) in [6.45, 7) is 0. The van der Waals surface area contributed by atoms with Crippen LogP contribution in [0, 0.1) is 3.57 Å². The lowest BCUT2D eigenvalue weighted by molar-refractivity contribution is 0.782. The van der Waals surface area contributed by atoms with Crippen LogP contribution in [0.3, 0.4) is 0 Å². The molecule has 0 spiro atoms. The summed E-state index contributed by atoms with van der Waals surface area (Å²) in [6, 6.07) is 16.4. The minimum Gasteiger partial charge on any atom is -0.383 e. The fourth-order valence-electron chi connectivity index (χ4n) is 2.28. The number of nitrogens with two attached hydrogens (primary N) is 1. The molecule has 3 rings (SSSR count). The Balaban J connectivity index is 2.23. The fraction of sp³-hybridized carbons (Fsp3) is 0.0625. The van der Waals surface area contributed by atoms with E-state index >= 15 is 0 Å². The topological polar surface area (TPSA) is 43.8 Å². The molecule has 1 aromatic heterocycles. The predicted molar refractivity (Wildman–Crippen MR) is 98.9 cm³/mol. The van der Waals surface area contributed by atoms with E-state index in [-0.39, 0.29) is 0 Å². The van der Waals surface area contributed by atoms with Crippen LogP contribution in [0.4, 0.5) is 5.82 Å². The summed E-state index contributed by atoms with van der Waals surface area (Å²) < 4.78 is 3.95. The molecule has 0 bridgehead atoms. The molecule has 0 unspecified atom stereocenters.